The van der Waals surface area contributed by atoms with Gasteiger partial charge in [0.05, 0.1) is 4.90 Å². The van der Waals surface area contributed by atoms with Crippen molar-refractivity contribution in [3.63, 3.8) is 0 Å². The fourth-order valence-electron chi connectivity index (χ4n) is 2.88. The molecule has 0 saturated carbocycles. The summed E-state index contributed by atoms with van der Waals surface area (Å²) >= 11 is 0. The van der Waals surface area contributed by atoms with Gasteiger partial charge in [-0.25, -0.2) is 13.2 Å². The van der Waals surface area contributed by atoms with E-state index in [1.54, 1.807) is 45.9 Å². The van der Waals surface area contributed by atoms with E-state index in [2.05, 4.69) is 5.32 Å². The molecule has 0 spiro atoms. The first kappa shape index (κ1) is 23.4. The van der Waals surface area contributed by atoms with Crippen LogP contribution in [-0.4, -0.2) is 49.4 Å². The molecule has 0 unspecified atom stereocenters. The van der Waals surface area contributed by atoms with Crippen molar-refractivity contribution in [2.75, 3.05) is 25.0 Å². The third kappa shape index (κ3) is 5.37. The van der Waals surface area contributed by atoms with Gasteiger partial charge in [-0.2, -0.15) is 4.31 Å². The Morgan fingerprint density at radius 2 is 1.73 bits per heavy atom. The second kappa shape index (κ2) is 9.73. The van der Waals surface area contributed by atoms with Gasteiger partial charge < -0.3 is 15.2 Å². The third-order valence-electron chi connectivity index (χ3n) is 4.50. The number of rotatable bonds is 8. The summed E-state index contributed by atoms with van der Waals surface area (Å²) in [4.78, 5) is 24.3. The van der Waals surface area contributed by atoms with Crippen molar-refractivity contribution in [1.29, 1.82) is 0 Å². The Morgan fingerprint density at radius 1 is 1.07 bits per heavy atom. The molecule has 0 heterocycles. The zero-order valence-corrected chi connectivity index (χ0v) is 18.2. The van der Waals surface area contributed by atoms with Gasteiger partial charge in [-0.15, -0.1) is 0 Å². The Morgan fingerprint density at radius 3 is 2.33 bits per heavy atom. The maximum atomic E-state index is 12.8. The van der Waals surface area contributed by atoms with E-state index in [1.165, 1.54) is 22.5 Å². The normalized spacial score (nSPS) is 11.4. The molecule has 0 fully saturated rings. The van der Waals surface area contributed by atoms with E-state index in [9.17, 15) is 23.1 Å². The number of hydrogen-bond acceptors (Lipinski definition) is 6. The number of carbonyl (C=O) groups is 2. The summed E-state index contributed by atoms with van der Waals surface area (Å²) in [5.74, 6) is -1.70. The van der Waals surface area contributed by atoms with Crippen LogP contribution in [0.15, 0.2) is 41.3 Å². The zero-order chi connectivity index (χ0) is 22.5. The van der Waals surface area contributed by atoms with Crippen LogP contribution in [0.25, 0.3) is 0 Å². The molecule has 0 aliphatic rings. The summed E-state index contributed by atoms with van der Waals surface area (Å²) in [6, 6.07) is 9.02. The van der Waals surface area contributed by atoms with Crippen molar-refractivity contribution in [2.24, 2.45) is 0 Å². The maximum absolute atomic E-state index is 12.8. The van der Waals surface area contributed by atoms with E-state index in [0.29, 0.717) is 18.7 Å². The van der Waals surface area contributed by atoms with Crippen LogP contribution in [0, 0.1) is 13.8 Å². The predicted molar refractivity (Wildman–Crippen MR) is 113 cm³/mol. The van der Waals surface area contributed by atoms with Gasteiger partial charge in [0, 0.05) is 18.8 Å². The van der Waals surface area contributed by atoms with Crippen LogP contribution >= 0.6 is 0 Å². The topological polar surface area (TPSA) is 113 Å². The number of phenolic OH excluding ortho intramolecular Hbond substituents is 1. The molecule has 2 N–H and O–H groups in total. The summed E-state index contributed by atoms with van der Waals surface area (Å²) in [5, 5.41) is 12.3. The Kier molecular flexibility index (Phi) is 7.58. The molecule has 0 atom stereocenters. The van der Waals surface area contributed by atoms with E-state index in [-0.39, 0.29) is 21.9 Å². The monoisotopic (exact) mass is 434 g/mol. The predicted octanol–water partition coefficient (Wildman–Crippen LogP) is 2.84. The zero-order valence-electron chi connectivity index (χ0n) is 17.4. The molecule has 0 aliphatic heterocycles. The van der Waals surface area contributed by atoms with Crippen LogP contribution in [0.1, 0.15) is 35.3 Å². The number of hydrogen-bond donors (Lipinski definition) is 2. The number of nitrogens with zero attached hydrogens (tertiary/aromatic N) is 1. The highest BCUT2D eigenvalue weighted by atomic mass is 32.2. The number of phenols is 1. The number of benzene rings is 2. The quantitative estimate of drug-likeness (QED) is 0.618. The smallest absolute Gasteiger partial charge is 0.342 e. The van der Waals surface area contributed by atoms with Crippen LogP contribution in [0.5, 0.6) is 5.75 Å². The number of amides is 1. The van der Waals surface area contributed by atoms with Gasteiger partial charge in [0.15, 0.2) is 6.61 Å². The van der Waals surface area contributed by atoms with E-state index in [0.717, 1.165) is 5.56 Å². The minimum Gasteiger partial charge on any atom is -0.507 e. The highest BCUT2D eigenvalue weighted by Gasteiger charge is 2.24. The van der Waals surface area contributed by atoms with Crippen LogP contribution in [-0.2, 0) is 19.6 Å². The lowest BCUT2D eigenvalue weighted by Crippen LogP contribution is -2.31. The number of ether oxygens (including phenoxy) is 1. The molecule has 0 aromatic heterocycles. The number of esters is 1. The molecule has 2 aromatic rings. The molecule has 0 radical (unpaired) electrons. The van der Waals surface area contributed by atoms with Gasteiger partial charge in [0.25, 0.3) is 5.91 Å². The molecule has 2 aromatic carbocycles. The molecule has 0 bridgehead atoms. The van der Waals surface area contributed by atoms with Crippen molar-refractivity contribution in [2.45, 2.75) is 32.6 Å². The SMILES string of the molecule is CCN(CC)S(=O)(=O)c1cc(NC(=O)COC(=O)c2ccc(C)cc2O)ccc1C. The minimum absolute atomic E-state index is 0.0451. The summed E-state index contributed by atoms with van der Waals surface area (Å²) in [7, 11) is -3.69. The highest BCUT2D eigenvalue weighted by Crippen LogP contribution is 2.24. The molecule has 9 heteroatoms. The number of aromatic hydroxyl groups is 1. The van der Waals surface area contributed by atoms with Gasteiger partial charge in [-0.05, 0) is 49.2 Å². The summed E-state index contributed by atoms with van der Waals surface area (Å²) < 4.78 is 31.9. The van der Waals surface area contributed by atoms with E-state index in [4.69, 9.17) is 4.74 Å². The molecule has 162 valence electrons. The molecular formula is C21H26N2O6S. The van der Waals surface area contributed by atoms with Gasteiger partial charge in [-0.1, -0.05) is 26.0 Å². The average Bonchev–Trinajstić information content (AvgIpc) is 2.68. The average molecular weight is 435 g/mol. The summed E-state index contributed by atoms with van der Waals surface area (Å²) in [5.41, 5.74) is 1.56. The first-order valence-electron chi connectivity index (χ1n) is 9.47. The van der Waals surface area contributed by atoms with E-state index >= 15 is 0 Å². The highest BCUT2D eigenvalue weighted by molar-refractivity contribution is 7.89. The first-order valence-corrected chi connectivity index (χ1v) is 10.9. The number of nitrogens with one attached hydrogen (secondary N) is 1. The number of aryl methyl sites for hydroxylation is 2. The van der Waals surface area contributed by atoms with Crippen molar-refractivity contribution in [3.05, 3.63) is 53.1 Å². The summed E-state index contributed by atoms with van der Waals surface area (Å²) in [6.07, 6.45) is 0. The van der Waals surface area contributed by atoms with Gasteiger partial charge >= 0.3 is 5.97 Å². The number of anilines is 1. The molecule has 0 aliphatic carbocycles. The molecule has 8 nitrogen and oxygen atoms in total. The van der Waals surface area contributed by atoms with Crippen molar-refractivity contribution < 1.29 is 27.9 Å². The Bertz CT molecular complexity index is 1050. The lowest BCUT2D eigenvalue weighted by molar-refractivity contribution is -0.119. The molecule has 0 saturated heterocycles. The molecular weight excluding hydrogens is 408 g/mol. The molecule has 2 rings (SSSR count). The third-order valence-corrected chi connectivity index (χ3v) is 6.69. The van der Waals surface area contributed by atoms with Gasteiger partial charge in [0.2, 0.25) is 10.0 Å². The Labute approximate surface area is 176 Å². The largest absolute Gasteiger partial charge is 0.507 e. The van der Waals surface area contributed by atoms with Crippen molar-refractivity contribution in [3.8, 4) is 5.75 Å². The Hall–Kier alpha value is -2.91. The van der Waals surface area contributed by atoms with Crippen LogP contribution in [0.3, 0.4) is 0 Å². The van der Waals surface area contributed by atoms with Gasteiger partial charge in [0.1, 0.15) is 11.3 Å². The number of carbonyl (C=O) groups excluding carboxylic acids is 2. The first-order chi connectivity index (χ1) is 14.1. The molecule has 1 amide bonds. The lowest BCUT2D eigenvalue weighted by atomic mass is 10.1. The van der Waals surface area contributed by atoms with Crippen molar-refractivity contribution >= 4 is 27.6 Å². The molecule has 30 heavy (non-hydrogen) atoms. The summed E-state index contributed by atoms with van der Waals surface area (Å²) in [6.45, 7) is 7.02. The Balaban J connectivity index is 2.09. The van der Waals surface area contributed by atoms with Crippen LogP contribution in [0.2, 0.25) is 0 Å². The second-order valence-electron chi connectivity index (χ2n) is 6.71. The number of sulfonamides is 1. The fourth-order valence-corrected chi connectivity index (χ4v) is 4.59. The maximum Gasteiger partial charge on any atom is 0.342 e. The fraction of sp³-hybridized carbons (Fsp3) is 0.333. The van der Waals surface area contributed by atoms with Gasteiger partial charge in [-0.3, -0.25) is 4.79 Å². The van der Waals surface area contributed by atoms with E-state index < -0.39 is 28.5 Å². The van der Waals surface area contributed by atoms with Crippen LogP contribution < -0.4 is 5.32 Å². The minimum atomic E-state index is -3.69. The second-order valence-corrected chi connectivity index (χ2v) is 8.62. The standard InChI is InChI=1S/C21H26N2O6S/c1-5-23(6-2)30(27,28)19-12-16(9-8-15(19)4)22-20(25)13-29-21(26)17-10-7-14(3)11-18(17)24/h7-12,24H,5-6,13H2,1-4H3,(H,22,25). The van der Waals surface area contributed by atoms with E-state index in [1.807, 2.05) is 0 Å². The van der Waals surface area contributed by atoms with Crippen LogP contribution in [0.4, 0.5) is 5.69 Å². The van der Waals surface area contributed by atoms with Crippen molar-refractivity contribution in [1.82, 2.24) is 4.31 Å². The lowest BCUT2D eigenvalue weighted by Gasteiger charge is -2.20.